The summed E-state index contributed by atoms with van der Waals surface area (Å²) in [5, 5.41) is 3.91. The molecule has 3 nitrogen and oxygen atoms in total. The number of hydrogen-bond acceptors (Lipinski definition) is 2. The maximum absolute atomic E-state index is 12.6. The van der Waals surface area contributed by atoms with Gasteiger partial charge in [0.1, 0.15) is 0 Å². The van der Waals surface area contributed by atoms with Crippen molar-refractivity contribution >= 4 is 17.5 Å². The lowest BCUT2D eigenvalue weighted by molar-refractivity contribution is 0.0626. The molecule has 1 aromatic rings. The quantitative estimate of drug-likeness (QED) is 0.912. The first-order valence-electron chi connectivity index (χ1n) is 6.38. The van der Waals surface area contributed by atoms with Crippen molar-refractivity contribution < 1.29 is 4.79 Å². The highest BCUT2D eigenvalue weighted by Gasteiger charge is 2.29. The van der Waals surface area contributed by atoms with Crippen LogP contribution in [0, 0.1) is 0 Å². The minimum absolute atomic E-state index is 0.0706. The molecular weight excluding hydrogens is 248 g/mol. The number of carbonyl (C=O) groups is 1. The van der Waals surface area contributed by atoms with Crippen LogP contribution in [-0.2, 0) is 0 Å². The summed E-state index contributed by atoms with van der Waals surface area (Å²) < 4.78 is 0. The fraction of sp³-hybridized carbons (Fsp3) is 0.500. The number of hydrogen-bond donors (Lipinski definition) is 1. The van der Waals surface area contributed by atoms with Gasteiger partial charge in [0, 0.05) is 29.2 Å². The third kappa shape index (κ3) is 2.85. The molecule has 4 heteroatoms. The minimum Gasteiger partial charge on any atom is -0.332 e. The molecule has 1 aromatic carbocycles. The van der Waals surface area contributed by atoms with Crippen LogP contribution in [0.1, 0.15) is 30.6 Å². The molecule has 1 unspecified atom stereocenters. The van der Waals surface area contributed by atoms with E-state index < -0.39 is 0 Å². The van der Waals surface area contributed by atoms with E-state index in [9.17, 15) is 4.79 Å². The van der Waals surface area contributed by atoms with Gasteiger partial charge in [-0.2, -0.15) is 0 Å². The fourth-order valence-corrected chi connectivity index (χ4v) is 2.66. The van der Waals surface area contributed by atoms with E-state index in [2.05, 4.69) is 19.2 Å². The maximum atomic E-state index is 12.6. The lowest BCUT2D eigenvalue weighted by Gasteiger charge is -2.32. The van der Waals surface area contributed by atoms with Crippen molar-refractivity contribution in [2.24, 2.45) is 0 Å². The molecule has 1 aliphatic rings. The van der Waals surface area contributed by atoms with E-state index in [1.165, 1.54) is 0 Å². The van der Waals surface area contributed by atoms with Crippen LogP contribution in [0.5, 0.6) is 0 Å². The Morgan fingerprint density at radius 1 is 1.50 bits per heavy atom. The molecule has 1 amide bonds. The van der Waals surface area contributed by atoms with Crippen LogP contribution in [-0.4, -0.2) is 36.0 Å². The van der Waals surface area contributed by atoms with Crippen molar-refractivity contribution in [1.82, 2.24) is 10.2 Å². The Morgan fingerprint density at radius 3 is 2.83 bits per heavy atom. The van der Waals surface area contributed by atoms with Crippen LogP contribution in [0.2, 0.25) is 5.02 Å². The largest absolute Gasteiger partial charge is 0.332 e. The summed E-state index contributed by atoms with van der Waals surface area (Å²) in [6.45, 7) is 5.97. The number of rotatable bonds is 3. The van der Waals surface area contributed by atoms with Gasteiger partial charge < -0.3 is 10.2 Å². The van der Waals surface area contributed by atoms with Gasteiger partial charge in [-0.05, 0) is 45.0 Å². The average Bonchev–Trinajstić information content (AvgIpc) is 2.82. The molecule has 0 saturated carbocycles. The summed E-state index contributed by atoms with van der Waals surface area (Å²) in [7, 11) is 0. The minimum atomic E-state index is 0.0706. The highest BCUT2D eigenvalue weighted by atomic mass is 35.5. The van der Waals surface area contributed by atoms with Crippen molar-refractivity contribution in [3.63, 3.8) is 0 Å². The van der Waals surface area contributed by atoms with Crippen LogP contribution in [0.15, 0.2) is 24.3 Å². The van der Waals surface area contributed by atoms with Crippen LogP contribution in [0.25, 0.3) is 0 Å². The van der Waals surface area contributed by atoms with Crippen molar-refractivity contribution in [2.75, 3.05) is 13.1 Å². The van der Waals surface area contributed by atoms with Crippen molar-refractivity contribution in [3.05, 3.63) is 34.9 Å². The van der Waals surface area contributed by atoms with E-state index in [0.717, 1.165) is 19.5 Å². The summed E-state index contributed by atoms with van der Waals surface area (Å²) in [4.78, 5) is 14.5. The fourth-order valence-electron chi connectivity index (χ4n) is 2.47. The molecule has 2 rings (SSSR count). The third-order valence-electron chi connectivity index (χ3n) is 3.29. The summed E-state index contributed by atoms with van der Waals surface area (Å²) in [6, 6.07) is 7.65. The molecule has 1 saturated heterocycles. The average molecular weight is 267 g/mol. The van der Waals surface area contributed by atoms with Gasteiger partial charge in [-0.1, -0.05) is 17.7 Å². The standard InChI is InChI=1S/C14H19ClN2O/c1-10(2)17(13-6-7-16-9-13)14(18)11-4-3-5-12(15)8-11/h3-5,8,10,13,16H,6-7,9H2,1-2H3. The van der Waals surface area contributed by atoms with Crippen LogP contribution in [0.3, 0.4) is 0 Å². The number of amides is 1. The molecule has 0 radical (unpaired) electrons. The number of carbonyl (C=O) groups excluding carboxylic acids is 1. The topological polar surface area (TPSA) is 32.3 Å². The van der Waals surface area contributed by atoms with Gasteiger partial charge in [-0.3, -0.25) is 4.79 Å². The van der Waals surface area contributed by atoms with Gasteiger partial charge in [0.15, 0.2) is 0 Å². The van der Waals surface area contributed by atoms with E-state index in [4.69, 9.17) is 11.6 Å². The summed E-state index contributed by atoms with van der Waals surface area (Å²) in [6.07, 6.45) is 1.02. The van der Waals surface area contributed by atoms with Crippen molar-refractivity contribution in [1.29, 1.82) is 0 Å². The third-order valence-corrected chi connectivity index (χ3v) is 3.53. The molecule has 0 aromatic heterocycles. The predicted molar refractivity (Wildman–Crippen MR) is 74.0 cm³/mol. The lowest BCUT2D eigenvalue weighted by atomic mass is 10.1. The van der Waals surface area contributed by atoms with E-state index in [-0.39, 0.29) is 18.0 Å². The Hall–Kier alpha value is -1.06. The summed E-state index contributed by atoms with van der Waals surface area (Å²) >= 11 is 5.95. The van der Waals surface area contributed by atoms with Gasteiger partial charge >= 0.3 is 0 Å². The second-order valence-electron chi connectivity index (χ2n) is 4.96. The van der Waals surface area contributed by atoms with Crippen molar-refractivity contribution in [3.8, 4) is 0 Å². The number of nitrogens with one attached hydrogen (secondary N) is 1. The summed E-state index contributed by atoms with van der Waals surface area (Å²) in [5.74, 6) is 0.0706. The van der Waals surface area contributed by atoms with Gasteiger partial charge in [0.2, 0.25) is 0 Å². The van der Waals surface area contributed by atoms with E-state index in [0.29, 0.717) is 10.6 Å². The van der Waals surface area contributed by atoms with Crippen LogP contribution >= 0.6 is 11.6 Å². The van der Waals surface area contributed by atoms with Crippen molar-refractivity contribution in [2.45, 2.75) is 32.4 Å². The number of halogens is 1. The Morgan fingerprint density at radius 2 is 2.28 bits per heavy atom. The first-order chi connectivity index (χ1) is 8.59. The zero-order valence-electron chi connectivity index (χ0n) is 10.8. The molecule has 1 fully saturated rings. The molecule has 1 atom stereocenters. The smallest absolute Gasteiger partial charge is 0.254 e. The molecule has 98 valence electrons. The normalized spacial score (nSPS) is 19.2. The number of nitrogens with zero attached hydrogens (tertiary/aromatic N) is 1. The summed E-state index contributed by atoms with van der Waals surface area (Å²) in [5.41, 5.74) is 0.670. The molecular formula is C14H19ClN2O. The molecule has 1 N–H and O–H groups in total. The van der Waals surface area contributed by atoms with E-state index in [1.54, 1.807) is 12.1 Å². The Kier molecular flexibility index (Phi) is 4.25. The molecule has 0 spiro atoms. The lowest BCUT2D eigenvalue weighted by Crippen LogP contribution is -2.45. The maximum Gasteiger partial charge on any atom is 0.254 e. The van der Waals surface area contributed by atoms with Crippen LogP contribution < -0.4 is 5.32 Å². The molecule has 0 bridgehead atoms. The van der Waals surface area contributed by atoms with Gasteiger partial charge in [-0.25, -0.2) is 0 Å². The molecule has 0 aliphatic carbocycles. The SMILES string of the molecule is CC(C)N(C(=O)c1cccc(Cl)c1)C1CCNC1. The van der Waals surface area contributed by atoms with E-state index >= 15 is 0 Å². The molecule has 18 heavy (non-hydrogen) atoms. The second kappa shape index (κ2) is 5.72. The zero-order valence-corrected chi connectivity index (χ0v) is 11.6. The van der Waals surface area contributed by atoms with Gasteiger partial charge in [0.25, 0.3) is 5.91 Å². The molecule has 1 aliphatic heterocycles. The second-order valence-corrected chi connectivity index (χ2v) is 5.40. The first kappa shape index (κ1) is 13.4. The zero-order chi connectivity index (χ0) is 13.1. The predicted octanol–water partition coefficient (Wildman–Crippen LogP) is 2.55. The molecule has 1 heterocycles. The van der Waals surface area contributed by atoms with Gasteiger partial charge in [0.05, 0.1) is 0 Å². The number of benzene rings is 1. The van der Waals surface area contributed by atoms with Crippen LogP contribution in [0.4, 0.5) is 0 Å². The monoisotopic (exact) mass is 266 g/mol. The Bertz CT molecular complexity index is 428. The van der Waals surface area contributed by atoms with Gasteiger partial charge in [-0.15, -0.1) is 0 Å². The Balaban J connectivity index is 2.22. The highest BCUT2D eigenvalue weighted by molar-refractivity contribution is 6.30. The highest BCUT2D eigenvalue weighted by Crippen LogP contribution is 2.18. The van der Waals surface area contributed by atoms with E-state index in [1.807, 2.05) is 17.0 Å². The Labute approximate surface area is 113 Å². The first-order valence-corrected chi connectivity index (χ1v) is 6.76.